The summed E-state index contributed by atoms with van der Waals surface area (Å²) < 4.78 is 6.62. The number of halogens is 1. The Hall–Kier alpha value is -1.03. The smallest absolute Gasteiger partial charge is 0.122 e. The molecule has 1 rings (SSSR count). The molecule has 1 aromatic carbocycles. The lowest BCUT2D eigenvalue weighted by Crippen LogP contribution is -2.11. The minimum absolute atomic E-state index is 0.214. The van der Waals surface area contributed by atoms with Crippen LogP contribution in [0.5, 0.6) is 5.75 Å². The van der Waals surface area contributed by atoms with E-state index in [4.69, 9.17) is 15.9 Å². The van der Waals surface area contributed by atoms with Crippen LogP contribution in [0.1, 0.15) is 18.4 Å². The first-order valence-corrected chi connectivity index (χ1v) is 5.61. The summed E-state index contributed by atoms with van der Waals surface area (Å²) in [5, 5.41) is 7.06. The summed E-state index contributed by atoms with van der Waals surface area (Å²) in [5.74, 6) is 1.10. The number of rotatable bonds is 5. The molecule has 0 saturated carbocycles. The molecule has 0 atom stereocenters. The quantitative estimate of drug-likeness (QED) is 0.491. The Morgan fingerprint density at radius 1 is 1.53 bits per heavy atom. The lowest BCUT2D eigenvalue weighted by Gasteiger charge is -2.08. The zero-order chi connectivity index (χ0) is 11.3. The molecule has 15 heavy (non-hydrogen) atoms. The van der Waals surface area contributed by atoms with Gasteiger partial charge in [0.1, 0.15) is 5.75 Å². The van der Waals surface area contributed by atoms with Gasteiger partial charge in [-0.05, 0) is 37.1 Å². The number of nitrogens with one attached hydrogen (secondary N) is 1. The van der Waals surface area contributed by atoms with E-state index in [0.29, 0.717) is 13.0 Å². The third-order valence-corrected chi connectivity index (χ3v) is 2.48. The van der Waals surface area contributed by atoms with Crippen molar-refractivity contribution < 1.29 is 4.74 Å². The predicted octanol–water partition coefficient (Wildman–Crippen LogP) is 2.85. The van der Waals surface area contributed by atoms with E-state index in [1.54, 1.807) is 0 Å². The number of hydrogen-bond donors (Lipinski definition) is 2. The van der Waals surface area contributed by atoms with Crippen LogP contribution in [-0.2, 0) is 0 Å². The lowest BCUT2D eigenvalue weighted by molar-refractivity contribution is 0.311. The molecule has 0 aliphatic carbocycles. The maximum atomic E-state index is 7.06. The van der Waals surface area contributed by atoms with Crippen LogP contribution in [0.2, 0.25) is 0 Å². The number of hydrogen-bond acceptors (Lipinski definition) is 2. The summed E-state index contributed by atoms with van der Waals surface area (Å²) in [6, 6.07) is 5.90. The summed E-state index contributed by atoms with van der Waals surface area (Å²) in [6.45, 7) is 2.60. The van der Waals surface area contributed by atoms with E-state index in [9.17, 15) is 0 Å². The van der Waals surface area contributed by atoms with Crippen LogP contribution in [-0.4, -0.2) is 12.4 Å². The lowest BCUT2D eigenvalue weighted by atomic mass is 10.2. The van der Waals surface area contributed by atoms with Gasteiger partial charge in [-0.2, -0.15) is 0 Å². The maximum Gasteiger partial charge on any atom is 0.122 e. The van der Waals surface area contributed by atoms with Gasteiger partial charge >= 0.3 is 0 Å². The molecule has 0 aromatic heterocycles. The third kappa shape index (κ3) is 4.34. The van der Waals surface area contributed by atoms with Crippen molar-refractivity contribution in [3.63, 3.8) is 0 Å². The Bertz CT molecular complexity index is 352. The van der Waals surface area contributed by atoms with Gasteiger partial charge in [-0.1, -0.05) is 15.9 Å². The summed E-state index contributed by atoms with van der Waals surface area (Å²) in [4.78, 5) is 0. The molecule has 0 bridgehead atoms. The van der Waals surface area contributed by atoms with E-state index in [1.165, 1.54) is 0 Å². The second kappa shape index (κ2) is 5.75. The maximum absolute atomic E-state index is 7.06. The Morgan fingerprint density at radius 2 is 2.27 bits per heavy atom. The molecule has 1 aromatic rings. The van der Waals surface area contributed by atoms with Gasteiger partial charge in [0.25, 0.3) is 0 Å². The van der Waals surface area contributed by atoms with Crippen LogP contribution in [0.4, 0.5) is 0 Å². The van der Waals surface area contributed by atoms with Gasteiger partial charge < -0.3 is 10.5 Å². The molecule has 0 aliphatic rings. The Morgan fingerprint density at radius 3 is 2.87 bits per heavy atom. The molecular formula is C11H15BrN2O. The molecule has 0 aliphatic heterocycles. The monoisotopic (exact) mass is 270 g/mol. The second-order valence-corrected chi connectivity index (χ2v) is 4.30. The Kier molecular flexibility index (Phi) is 4.62. The van der Waals surface area contributed by atoms with Crippen molar-refractivity contribution in [1.29, 1.82) is 5.41 Å². The van der Waals surface area contributed by atoms with Crippen molar-refractivity contribution in [2.24, 2.45) is 5.73 Å². The van der Waals surface area contributed by atoms with Crippen LogP contribution in [0.3, 0.4) is 0 Å². The molecule has 0 unspecified atom stereocenters. The van der Waals surface area contributed by atoms with Crippen molar-refractivity contribution in [3.05, 3.63) is 28.2 Å². The second-order valence-electron chi connectivity index (χ2n) is 3.39. The van der Waals surface area contributed by atoms with Crippen LogP contribution >= 0.6 is 15.9 Å². The summed E-state index contributed by atoms with van der Waals surface area (Å²) in [5.41, 5.74) is 6.35. The summed E-state index contributed by atoms with van der Waals surface area (Å²) in [6.07, 6.45) is 1.38. The normalized spacial score (nSPS) is 10.0. The molecule has 0 saturated heterocycles. The van der Waals surface area contributed by atoms with Crippen LogP contribution in [0, 0.1) is 12.3 Å². The van der Waals surface area contributed by atoms with Crippen molar-refractivity contribution in [1.82, 2.24) is 0 Å². The fourth-order valence-corrected chi connectivity index (χ4v) is 1.70. The number of amidine groups is 1. The van der Waals surface area contributed by atoms with E-state index in [1.807, 2.05) is 25.1 Å². The topological polar surface area (TPSA) is 59.1 Å². The van der Waals surface area contributed by atoms with E-state index in [-0.39, 0.29) is 5.84 Å². The van der Waals surface area contributed by atoms with Gasteiger partial charge in [-0.3, -0.25) is 5.41 Å². The standard InChI is InChI=1S/C11H15BrN2O/c1-8-7-9(12)4-5-10(8)15-6-2-3-11(13)14/h4-5,7H,2-3,6H2,1H3,(H3,13,14). The average Bonchev–Trinajstić information content (AvgIpc) is 2.14. The van der Waals surface area contributed by atoms with Crippen molar-refractivity contribution in [2.75, 3.05) is 6.61 Å². The molecule has 0 spiro atoms. The zero-order valence-corrected chi connectivity index (χ0v) is 10.3. The van der Waals surface area contributed by atoms with Crippen molar-refractivity contribution in [3.8, 4) is 5.75 Å². The molecule has 0 radical (unpaired) electrons. The molecular weight excluding hydrogens is 256 g/mol. The number of benzene rings is 1. The fraction of sp³-hybridized carbons (Fsp3) is 0.364. The van der Waals surface area contributed by atoms with E-state index in [0.717, 1.165) is 22.2 Å². The van der Waals surface area contributed by atoms with Crippen molar-refractivity contribution >= 4 is 21.8 Å². The highest BCUT2D eigenvalue weighted by Gasteiger charge is 1.99. The summed E-state index contributed by atoms with van der Waals surface area (Å²) >= 11 is 3.40. The summed E-state index contributed by atoms with van der Waals surface area (Å²) in [7, 11) is 0. The van der Waals surface area contributed by atoms with Gasteiger partial charge in [0.15, 0.2) is 0 Å². The molecule has 3 N–H and O–H groups in total. The highest BCUT2D eigenvalue weighted by Crippen LogP contribution is 2.22. The minimum Gasteiger partial charge on any atom is -0.493 e. The Labute approximate surface area is 98.3 Å². The molecule has 0 fully saturated rings. The molecule has 0 heterocycles. The van der Waals surface area contributed by atoms with Crippen LogP contribution < -0.4 is 10.5 Å². The minimum atomic E-state index is 0.214. The van der Waals surface area contributed by atoms with Gasteiger partial charge in [0.2, 0.25) is 0 Å². The highest BCUT2D eigenvalue weighted by molar-refractivity contribution is 9.10. The zero-order valence-electron chi connectivity index (χ0n) is 8.72. The fourth-order valence-electron chi connectivity index (χ4n) is 1.22. The molecule has 3 nitrogen and oxygen atoms in total. The number of ether oxygens (including phenoxy) is 1. The largest absolute Gasteiger partial charge is 0.493 e. The van der Waals surface area contributed by atoms with Crippen LogP contribution in [0.15, 0.2) is 22.7 Å². The predicted molar refractivity (Wildman–Crippen MR) is 65.5 cm³/mol. The van der Waals surface area contributed by atoms with E-state index in [2.05, 4.69) is 15.9 Å². The number of aryl methyl sites for hydroxylation is 1. The average molecular weight is 271 g/mol. The van der Waals surface area contributed by atoms with Gasteiger partial charge in [-0.15, -0.1) is 0 Å². The van der Waals surface area contributed by atoms with Crippen molar-refractivity contribution in [2.45, 2.75) is 19.8 Å². The molecule has 4 heteroatoms. The SMILES string of the molecule is Cc1cc(Br)ccc1OCCCC(=N)N. The van der Waals surface area contributed by atoms with Gasteiger partial charge in [0.05, 0.1) is 12.4 Å². The first-order chi connectivity index (χ1) is 7.09. The molecule has 0 amide bonds. The highest BCUT2D eigenvalue weighted by atomic mass is 79.9. The van der Waals surface area contributed by atoms with Gasteiger partial charge in [-0.25, -0.2) is 0 Å². The van der Waals surface area contributed by atoms with Gasteiger partial charge in [0, 0.05) is 10.9 Å². The molecule has 82 valence electrons. The first kappa shape index (κ1) is 12.0. The van der Waals surface area contributed by atoms with Crippen LogP contribution in [0.25, 0.3) is 0 Å². The van der Waals surface area contributed by atoms with E-state index >= 15 is 0 Å². The number of nitrogens with two attached hydrogens (primary N) is 1. The first-order valence-electron chi connectivity index (χ1n) is 4.81. The Balaban J connectivity index is 2.40. The van der Waals surface area contributed by atoms with E-state index < -0.39 is 0 Å². The third-order valence-electron chi connectivity index (χ3n) is 1.98.